The Morgan fingerprint density at radius 2 is 1.89 bits per heavy atom. The van der Waals surface area contributed by atoms with Crippen LogP contribution in [0.25, 0.3) is 0 Å². The number of hydrogen-bond donors (Lipinski definition) is 0. The molecule has 1 saturated heterocycles. The van der Waals surface area contributed by atoms with E-state index in [4.69, 9.17) is 0 Å². The van der Waals surface area contributed by atoms with Crippen molar-refractivity contribution in [1.82, 2.24) is 0 Å². The molecule has 0 aromatic rings. The summed E-state index contributed by atoms with van der Waals surface area (Å²) in [6.07, 6.45) is 2.70. The highest BCUT2D eigenvalue weighted by molar-refractivity contribution is 8.92. The first kappa shape index (κ1) is 7.80. The maximum atomic E-state index is 2.35. The van der Waals surface area contributed by atoms with E-state index in [0.717, 1.165) is 4.58 Å². The molecule has 2 heteroatoms. The minimum atomic E-state index is 0.584. The summed E-state index contributed by atoms with van der Waals surface area (Å²) in [5.74, 6) is 0. The lowest BCUT2D eigenvalue weighted by Crippen LogP contribution is -2.10. The van der Waals surface area contributed by atoms with Crippen LogP contribution in [-0.2, 0) is 0 Å². The molecule has 1 heterocycles. The third-order valence-corrected chi connectivity index (χ3v) is 4.10. The molecule has 1 rings (SSSR count). The zero-order valence-corrected chi connectivity index (χ0v) is 7.94. The summed E-state index contributed by atoms with van der Waals surface area (Å²) >= 11 is 0. The van der Waals surface area contributed by atoms with Gasteiger partial charge in [0.2, 0.25) is 0 Å². The molecule has 0 saturated carbocycles. The molecule has 0 bridgehead atoms. The molecule has 0 aromatic carbocycles. The summed E-state index contributed by atoms with van der Waals surface area (Å²) in [4.78, 5) is 0. The molecule has 0 aromatic heterocycles. The van der Waals surface area contributed by atoms with Crippen LogP contribution in [0.1, 0.15) is 33.6 Å². The van der Waals surface area contributed by atoms with Crippen molar-refractivity contribution in [3.63, 3.8) is 0 Å². The molecule has 0 aliphatic carbocycles. The van der Waals surface area contributed by atoms with Gasteiger partial charge in [-0.15, -0.1) is 0 Å². The Balaban J connectivity index is 2.21. The van der Waals surface area contributed by atoms with Crippen LogP contribution in [0.4, 0.5) is 0 Å². The van der Waals surface area contributed by atoms with Crippen molar-refractivity contribution in [2.24, 2.45) is 5.41 Å². The van der Waals surface area contributed by atoms with Crippen LogP contribution in [0.5, 0.6) is 0 Å². The van der Waals surface area contributed by atoms with Crippen LogP contribution in [0.2, 0.25) is 0 Å². The third kappa shape index (κ3) is 2.85. The minimum absolute atomic E-state index is 0.584. The van der Waals surface area contributed by atoms with Crippen molar-refractivity contribution in [2.45, 2.75) is 38.2 Å². The van der Waals surface area contributed by atoms with Gasteiger partial charge in [-0.3, -0.25) is 0 Å². The second kappa shape index (κ2) is 2.75. The van der Waals surface area contributed by atoms with E-state index in [9.17, 15) is 0 Å². The normalized spacial score (nSPS) is 20.3. The highest BCUT2D eigenvalue weighted by Gasteiger charge is 2.30. The molecule has 1 fully saturated rings. The van der Waals surface area contributed by atoms with E-state index < -0.39 is 0 Å². The Morgan fingerprint density at radius 3 is 2.22 bits per heavy atom. The fourth-order valence-corrected chi connectivity index (χ4v) is 2.46. The summed E-state index contributed by atoms with van der Waals surface area (Å²) in [6.45, 7) is 6.98. The lowest BCUT2D eigenvalue weighted by molar-refractivity contribution is 0.337. The average molecular weight is 162 g/mol. The Morgan fingerprint density at radius 1 is 1.33 bits per heavy atom. The van der Waals surface area contributed by atoms with Crippen LogP contribution in [-0.4, -0.2) is 4.58 Å². The predicted octanol–water partition coefficient (Wildman–Crippen LogP) is 3.53. The summed E-state index contributed by atoms with van der Waals surface area (Å²) in [6, 6.07) is 0. The van der Waals surface area contributed by atoms with Gasteiger partial charge < -0.3 is 0 Å². The molecular weight excluding hydrogens is 148 g/mol. The smallest absolute Gasteiger partial charge is 0.0715 e. The van der Waals surface area contributed by atoms with E-state index in [2.05, 4.69) is 20.8 Å². The average Bonchev–Trinajstić information content (AvgIpc) is 2.50. The van der Waals surface area contributed by atoms with E-state index in [0.29, 0.717) is 5.41 Å². The minimum Gasteiger partial charge on any atom is -0.0776 e. The largest absolute Gasteiger partial charge is 0.0776 e. The first-order valence-electron chi connectivity index (χ1n) is 3.46. The monoisotopic (exact) mass is 162 g/mol. The third-order valence-electron chi connectivity index (χ3n) is 1.91. The topological polar surface area (TPSA) is 0 Å². The lowest BCUT2D eigenvalue weighted by atomic mass is 9.87. The highest BCUT2D eigenvalue weighted by Crippen LogP contribution is 2.58. The first-order valence-corrected chi connectivity index (χ1v) is 5.74. The van der Waals surface area contributed by atoms with Crippen molar-refractivity contribution in [3.05, 3.63) is 0 Å². The van der Waals surface area contributed by atoms with Gasteiger partial charge in [0.25, 0.3) is 0 Å². The van der Waals surface area contributed by atoms with Gasteiger partial charge in [0.05, 0.1) is 4.58 Å². The molecule has 0 spiro atoms. The predicted molar refractivity (Wildman–Crippen MR) is 47.7 cm³/mol. The highest BCUT2D eigenvalue weighted by atomic mass is 33.2. The fourth-order valence-electron chi connectivity index (χ4n) is 0.703. The van der Waals surface area contributed by atoms with Crippen molar-refractivity contribution in [2.75, 3.05) is 0 Å². The molecule has 0 unspecified atom stereocenters. The van der Waals surface area contributed by atoms with E-state index in [1.807, 2.05) is 21.6 Å². The quantitative estimate of drug-likeness (QED) is 0.460. The maximum absolute atomic E-state index is 2.35. The van der Waals surface area contributed by atoms with Gasteiger partial charge in [0, 0.05) is 0 Å². The molecule has 0 N–H and O–H groups in total. The van der Waals surface area contributed by atoms with Crippen LogP contribution >= 0.6 is 21.6 Å². The van der Waals surface area contributed by atoms with Gasteiger partial charge in [-0.1, -0.05) is 48.8 Å². The van der Waals surface area contributed by atoms with Crippen molar-refractivity contribution in [1.29, 1.82) is 0 Å². The SMILES string of the molecule is CCC(C)(C)CC1SS1. The number of hydrogen-bond acceptors (Lipinski definition) is 2. The second-order valence-corrected chi connectivity index (χ2v) is 6.32. The zero-order chi connectivity index (χ0) is 6.91. The molecular formula is C7H14S2. The lowest BCUT2D eigenvalue weighted by Gasteiger charge is -2.20. The summed E-state index contributed by atoms with van der Waals surface area (Å²) in [5.41, 5.74) is 0.584. The molecule has 0 nitrogen and oxygen atoms in total. The number of rotatable bonds is 3. The van der Waals surface area contributed by atoms with Crippen molar-refractivity contribution >= 4 is 21.6 Å². The summed E-state index contributed by atoms with van der Waals surface area (Å²) < 4.78 is 0.931. The molecule has 0 radical (unpaired) electrons. The van der Waals surface area contributed by atoms with Gasteiger partial charge in [-0.05, 0) is 11.8 Å². The van der Waals surface area contributed by atoms with Gasteiger partial charge in [-0.25, -0.2) is 0 Å². The molecule has 54 valence electrons. The Bertz CT molecular complexity index is 95.1. The summed E-state index contributed by atoms with van der Waals surface area (Å²) in [5, 5.41) is 0. The van der Waals surface area contributed by atoms with Gasteiger partial charge in [-0.2, -0.15) is 0 Å². The zero-order valence-electron chi connectivity index (χ0n) is 6.31. The van der Waals surface area contributed by atoms with Crippen LogP contribution in [0.3, 0.4) is 0 Å². The van der Waals surface area contributed by atoms with Crippen molar-refractivity contribution < 1.29 is 0 Å². The molecule has 1 aliphatic heterocycles. The first-order chi connectivity index (χ1) is 4.14. The molecule has 1 aliphatic rings. The molecule has 0 amide bonds. The van der Waals surface area contributed by atoms with Crippen LogP contribution in [0, 0.1) is 5.41 Å². The standard InChI is InChI=1S/C7H14S2/c1-4-7(2,3)5-6-8-9-6/h6H,4-5H2,1-3H3. The maximum Gasteiger partial charge on any atom is 0.0715 e. The van der Waals surface area contributed by atoms with Crippen LogP contribution in [0.15, 0.2) is 0 Å². The summed E-state index contributed by atoms with van der Waals surface area (Å²) in [7, 11) is 4.05. The van der Waals surface area contributed by atoms with Gasteiger partial charge >= 0.3 is 0 Å². The second-order valence-electron chi connectivity index (χ2n) is 3.34. The van der Waals surface area contributed by atoms with Gasteiger partial charge in [0.1, 0.15) is 0 Å². The molecule has 9 heavy (non-hydrogen) atoms. The Labute approximate surface area is 65.6 Å². The van der Waals surface area contributed by atoms with Gasteiger partial charge in [0.15, 0.2) is 0 Å². The van der Waals surface area contributed by atoms with Crippen LogP contribution < -0.4 is 0 Å². The van der Waals surface area contributed by atoms with E-state index in [1.165, 1.54) is 12.8 Å². The fraction of sp³-hybridized carbons (Fsp3) is 1.00. The Hall–Kier alpha value is 0.700. The van der Waals surface area contributed by atoms with Crippen molar-refractivity contribution in [3.8, 4) is 0 Å². The molecule has 0 atom stereocenters. The van der Waals surface area contributed by atoms with E-state index in [1.54, 1.807) is 0 Å². The van der Waals surface area contributed by atoms with E-state index >= 15 is 0 Å². The Kier molecular flexibility index (Phi) is 2.38. The van der Waals surface area contributed by atoms with E-state index in [-0.39, 0.29) is 0 Å².